The van der Waals surface area contributed by atoms with Gasteiger partial charge in [0, 0.05) is 55.1 Å². The molecule has 3 aromatic carbocycles. The van der Waals surface area contributed by atoms with Crippen molar-refractivity contribution in [2.75, 3.05) is 51.3 Å². The number of hydrogen-bond acceptors (Lipinski definition) is 8. The predicted octanol–water partition coefficient (Wildman–Crippen LogP) is 6.04. The maximum absolute atomic E-state index is 15.5. The average molecular weight is 754 g/mol. The number of carbonyl (C=O) groups is 1. The third kappa shape index (κ3) is 8.23. The van der Waals surface area contributed by atoms with E-state index in [9.17, 15) is 21.6 Å². The minimum absolute atomic E-state index is 0.0116. The van der Waals surface area contributed by atoms with Gasteiger partial charge in [-0.2, -0.15) is 0 Å². The Hall–Kier alpha value is -3.23. The molecule has 2 unspecified atom stereocenters. The first-order valence-electron chi connectivity index (χ1n) is 15.9. The van der Waals surface area contributed by atoms with Gasteiger partial charge in [-0.15, -0.1) is 0 Å². The number of ether oxygens (including phenoxy) is 1. The molecule has 0 radical (unpaired) electrons. The van der Waals surface area contributed by atoms with Gasteiger partial charge in [0.2, 0.25) is 0 Å². The van der Waals surface area contributed by atoms with Crippen molar-refractivity contribution in [2.24, 2.45) is 4.99 Å². The number of benzene rings is 3. The zero-order chi connectivity index (χ0) is 35.7. The van der Waals surface area contributed by atoms with E-state index in [1.54, 1.807) is 48.2 Å². The fourth-order valence-corrected chi connectivity index (χ4v) is 7.88. The van der Waals surface area contributed by atoms with Crippen LogP contribution in [0.2, 0.25) is 10.0 Å². The first-order valence-corrected chi connectivity index (χ1v) is 20.2. The third-order valence-electron chi connectivity index (χ3n) is 8.62. The average Bonchev–Trinajstić information content (AvgIpc) is 3.44. The monoisotopic (exact) mass is 752 g/mol. The van der Waals surface area contributed by atoms with Crippen LogP contribution in [0, 0.1) is 5.82 Å². The summed E-state index contributed by atoms with van der Waals surface area (Å²) in [5, 5.41) is 0.0877. The van der Waals surface area contributed by atoms with Crippen LogP contribution < -0.4 is 4.74 Å². The van der Waals surface area contributed by atoms with E-state index in [1.807, 2.05) is 17.0 Å². The van der Waals surface area contributed by atoms with Gasteiger partial charge in [0.15, 0.2) is 9.84 Å². The molecule has 2 atom stereocenters. The summed E-state index contributed by atoms with van der Waals surface area (Å²) in [4.78, 5) is 24.5. The van der Waals surface area contributed by atoms with Gasteiger partial charge in [-0.1, -0.05) is 47.5 Å². The van der Waals surface area contributed by atoms with Crippen LogP contribution in [0.3, 0.4) is 0 Å². The lowest BCUT2D eigenvalue weighted by molar-refractivity contribution is 0.122. The van der Waals surface area contributed by atoms with Gasteiger partial charge in [0.25, 0.3) is 0 Å². The summed E-state index contributed by atoms with van der Waals surface area (Å²) < 4.78 is 71.6. The molecule has 5 rings (SSSR count). The Morgan fingerprint density at radius 2 is 1.51 bits per heavy atom. The van der Waals surface area contributed by atoms with Gasteiger partial charge in [0.1, 0.15) is 38.2 Å². The highest BCUT2D eigenvalue weighted by Gasteiger charge is 2.45. The Balaban J connectivity index is 1.67. The number of rotatable bonds is 10. The molecular formula is C34H39Cl2FN4O6S2. The molecule has 0 bridgehead atoms. The standard InChI is InChI=1S/C34H39Cl2FN4O6S2/c1-5-47-29-21-28(37)30(49(45,46)22(2)3)20-27(29)33-38-31(23-6-10-25(35)11-7-23)32(24-8-12-26(36)13-9-24)41(33)34(42)40-16-14-39(15-17-40)18-19-48(4,43)44/h6-13,20-22,31-32H,5,14-19H2,1-4H3. The Morgan fingerprint density at radius 3 is 2.04 bits per heavy atom. The number of nitrogens with zero attached hydrogens (tertiary/aromatic N) is 4. The van der Waals surface area contributed by atoms with Gasteiger partial charge in [0.05, 0.1) is 29.2 Å². The van der Waals surface area contributed by atoms with Crippen LogP contribution in [0.5, 0.6) is 5.75 Å². The Kier molecular flexibility index (Phi) is 11.3. The maximum Gasteiger partial charge on any atom is 0.326 e. The SMILES string of the molecule is CCOc1cc(F)c(S(=O)(=O)C(C)C)cc1C1=NC(c2ccc(Cl)cc2)C(c2ccc(Cl)cc2)N1C(=O)N1CCN(CCS(C)(=O)=O)CC1. The van der Waals surface area contributed by atoms with Gasteiger partial charge in [-0.05, 0) is 62.2 Å². The van der Waals surface area contributed by atoms with Crippen LogP contribution in [0.1, 0.15) is 49.5 Å². The number of piperazine rings is 1. The first-order chi connectivity index (χ1) is 23.1. The van der Waals surface area contributed by atoms with Crippen molar-refractivity contribution < 1.29 is 30.8 Å². The lowest BCUT2D eigenvalue weighted by Gasteiger charge is -2.39. The van der Waals surface area contributed by atoms with E-state index < -0.39 is 53.8 Å². The van der Waals surface area contributed by atoms with Crippen LogP contribution in [0.15, 0.2) is 70.6 Å². The quantitative estimate of drug-likeness (QED) is 0.248. The van der Waals surface area contributed by atoms with Crippen molar-refractivity contribution in [1.82, 2.24) is 14.7 Å². The fourth-order valence-electron chi connectivity index (χ4n) is 5.92. The Labute approximate surface area is 297 Å². The summed E-state index contributed by atoms with van der Waals surface area (Å²) in [5.74, 6) is -0.798. The second-order valence-corrected chi connectivity index (χ2v) is 18.0. The Bertz CT molecular complexity index is 1930. The summed E-state index contributed by atoms with van der Waals surface area (Å²) in [6, 6.07) is 14.5. The molecule has 264 valence electrons. The van der Waals surface area contributed by atoms with Crippen molar-refractivity contribution >= 4 is 54.7 Å². The van der Waals surface area contributed by atoms with E-state index in [1.165, 1.54) is 31.1 Å². The number of halogens is 3. The van der Waals surface area contributed by atoms with Crippen molar-refractivity contribution in [3.8, 4) is 5.75 Å². The number of hydrogen-bond donors (Lipinski definition) is 0. The zero-order valence-electron chi connectivity index (χ0n) is 27.6. The first kappa shape index (κ1) is 37.0. The minimum atomic E-state index is -4.09. The number of aliphatic imine (C=N–C) groups is 1. The molecule has 2 amide bonds. The van der Waals surface area contributed by atoms with Crippen molar-refractivity contribution in [2.45, 2.75) is 43.0 Å². The normalized spacial score (nSPS) is 19.0. The van der Waals surface area contributed by atoms with E-state index in [-0.39, 0.29) is 29.5 Å². The van der Waals surface area contributed by atoms with Gasteiger partial charge in [-0.25, -0.2) is 26.0 Å². The minimum Gasteiger partial charge on any atom is -0.493 e. The van der Waals surface area contributed by atoms with E-state index in [2.05, 4.69) is 0 Å². The summed E-state index contributed by atoms with van der Waals surface area (Å²) in [6.07, 6.45) is 1.19. The van der Waals surface area contributed by atoms with Crippen LogP contribution in [-0.2, 0) is 19.7 Å². The molecule has 0 N–H and O–H groups in total. The van der Waals surface area contributed by atoms with Crippen LogP contribution in [0.25, 0.3) is 0 Å². The molecule has 15 heteroatoms. The second-order valence-electron chi connectivity index (χ2n) is 12.4. The van der Waals surface area contributed by atoms with Crippen LogP contribution >= 0.6 is 23.2 Å². The van der Waals surface area contributed by atoms with Crippen molar-refractivity contribution in [3.05, 3.63) is 93.2 Å². The fraction of sp³-hybridized carbons (Fsp3) is 0.412. The van der Waals surface area contributed by atoms with Crippen molar-refractivity contribution in [3.63, 3.8) is 0 Å². The molecule has 2 aliphatic rings. The topological polar surface area (TPSA) is 117 Å². The summed E-state index contributed by atoms with van der Waals surface area (Å²) in [6.45, 7) is 6.66. The highest BCUT2D eigenvalue weighted by Crippen LogP contribution is 2.46. The van der Waals surface area contributed by atoms with Crippen LogP contribution in [-0.4, -0.2) is 100.0 Å². The molecule has 1 fully saturated rings. The lowest BCUT2D eigenvalue weighted by Crippen LogP contribution is -2.54. The van der Waals surface area contributed by atoms with E-state index in [0.29, 0.717) is 48.3 Å². The van der Waals surface area contributed by atoms with Gasteiger partial charge < -0.3 is 9.64 Å². The Morgan fingerprint density at radius 1 is 0.939 bits per heavy atom. The lowest BCUT2D eigenvalue weighted by atomic mass is 9.93. The maximum atomic E-state index is 15.5. The van der Waals surface area contributed by atoms with Gasteiger partial charge >= 0.3 is 6.03 Å². The number of carbonyl (C=O) groups excluding carboxylic acids is 1. The smallest absolute Gasteiger partial charge is 0.326 e. The molecule has 0 aliphatic carbocycles. The molecule has 49 heavy (non-hydrogen) atoms. The second kappa shape index (κ2) is 14.9. The van der Waals surface area contributed by atoms with Crippen molar-refractivity contribution in [1.29, 1.82) is 0 Å². The molecule has 2 heterocycles. The highest BCUT2D eigenvalue weighted by molar-refractivity contribution is 7.92. The molecule has 3 aromatic rings. The highest BCUT2D eigenvalue weighted by atomic mass is 35.5. The number of sulfone groups is 2. The van der Waals surface area contributed by atoms with Gasteiger partial charge in [-0.3, -0.25) is 14.8 Å². The van der Waals surface area contributed by atoms with Crippen LogP contribution in [0.4, 0.5) is 9.18 Å². The number of urea groups is 1. The molecular weight excluding hydrogens is 714 g/mol. The third-order valence-corrected chi connectivity index (χ3v) is 12.2. The molecule has 2 aliphatic heterocycles. The molecule has 1 saturated heterocycles. The van der Waals surface area contributed by atoms with E-state index >= 15 is 4.39 Å². The number of amides is 2. The summed E-state index contributed by atoms with van der Waals surface area (Å²) in [7, 11) is -7.25. The predicted molar refractivity (Wildman–Crippen MR) is 190 cm³/mol. The zero-order valence-corrected chi connectivity index (χ0v) is 30.8. The van der Waals surface area contributed by atoms with E-state index in [4.69, 9.17) is 32.9 Å². The molecule has 0 spiro atoms. The van der Waals surface area contributed by atoms with E-state index in [0.717, 1.165) is 11.6 Å². The summed E-state index contributed by atoms with van der Waals surface area (Å²) >= 11 is 12.5. The molecule has 0 aromatic heterocycles. The molecule has 10 nitrogen and oxygen atoms in total. The molecule has 0 saturated carbocycles. The summed E-state index contributed by atoms with van der Waals surface area (Å²) in [5.41, 5.74) is 1.59. The largest absolute Gasteiger partial charge is 0.493 e. The number of amidine groups is 1.